The quantitative estimate of drug-likeness (QED) is 0.466. The van der Waals surface area contributed by atoms with Gasteiger partial charge in [-0.15, -0.1) is 0 Å². The molecule has 0 saturated heterocycles. The fourth-order valence-electron chi connectivity index (χ4n) is 0.955. The molecule has 1 aromatic rings. The third-order valence-electron chi connectivity index (χ3n) is 1.60. The smallest absolute Gasteiger partial charge is 0.124 e. The number of hydrogen-bond donors (Lipinski definition) is 0. The maximum atomic E-state index is 12.7. The third kappa shape index (κ3) is 3.28. The van der Waals surface area contributed by atoms with Gasteiger partial charge in [-0.1, -0.05) is 36.6 Å². The minimum absolute atomic E-state index is 0.262. The van der Waals surface area contributed by atoms with Gasteiger partial charge in [-0.3, -0.25) is 0 Å². The Kier molecular flexibility index (Phi) is 3.69. The molecule has 0 heterocycles. The Bertz CT molecular complexity index is 416. The average molecular weight is 186 g/mol. The summed E-state index contributed by atoms with van der Waals surface area (Å²) in [5.74, 6) is 5.50. The van der Waals surface area contributed by atoms with Gasteiger partial charge in [-0.2, -0.15) is 0 Å². The summed E-state index contributed by atoms with van der Waals surface area (Å²) in [6.07, 6.45) is 3.49. The van der Waals surface area contributed by atoms with Gasteiger partial charge in [0, 0.05) is 5.56 Å². The maximum Gasteiger partial charge on any atom is 0.124 e. The predicted octanol–water partition coefficient (Wildman–Crippen LogP) is 3.31. The zero-order valence-corrected chi connectivity index (χ0v) is 8.05. The van der Waals surface area contributed by atoms with Crippen molar-refractivity contribution in [1.82, 2.24) is 0 Å². The molecule has 0 radical (unpaired) electrons. The first kappa shape index (κ1) is 10.3. The molecule has 0 N–H and O–H groups in total. The Morgan fingerprint density at radius 2 is 2.29 bits per heavy atom. The molecule has 0 unspecified atom stereocenters. The second-order valence-electron chi connectivity index (χ2n) is 2.85. The van der Waals surface area contributed by atoms with E-state index in [-0.39, 0.29) is 5.82 Å². The maximum absolute atomic E-state index is 12.7. The monoisotopic (exact) mass is 186 g/mol. The highest BCUT2D eigenvalue weighted by molar-refractivity contribution is 5.40. The molecule has 0 aliphatic carbocycles. The van der Waals surface area contributed by atoms with E-state index < -0.39 is 0 Å². The van der Waals surface area contributed by atoms with Crippen LogP contribution >= 0.6 is 0 Å². The van der Waals surface area contributed by atoms with Crippen LogP contribution in [0.1, 0.15) is 12.5 Å². The second kappa shape index (κ2) is 5.04. The lowest BCUT2D eigenvalue weighted by Gasteiger charge is -1.89. The van der Waals surface area contributed by atoms with Crippen LogP contribution < -0.4 is 0 Å². The first-order chi connectivity index (χ1) is 6.72. The predicted molar refractivity (Wildman–Crippen MR) is 57.2 cm³/mol. The van der Waals surface area contributed by atoms with Crippen molar-refractivity contribution in [3.05, 3.63) is 60.0 Å². The largest absolute Gasteiger partial charge is 0.207 e. The molecule has 0 atom stereocenters. The lowest BCUT2D eigenvalue weighted by molar-refractivity contribution is 0.627. The van der Waals surface area contributed by atoms with Crippen LogP contribution in [0.3, 0.4) is 0 Å². The minimum Gasteiger partial charge on any atom is -0.207 e. The summed E-state index contributed by atoms with van der Waals surface area (Å²) in [6.45, 7) is 5.45. The van der Waals surface area contributed by atoms with Crippen molar-refractivity contribution >= 4 is 0 Å². The molecule has 1 heteroatoms. The van der Waals surface area contributed by atoms with E-state index in [0.29, 0.717) is 5.56 Å². The van der Waals surface area contributed by atoms with Gasteiger partial charge in [0.2, 0.25) is 0 Å². The topological polar surface area (TPSA) is 0 Å². The van der Waals surface area contributed by atoms with Crippen molar-refractivity contribution in [2.24, 2.45) is 0 Å². The van der Waals surface area contributed by atoms with Gasteiger partial charge < -0.3 is 0 Å². The van der Waals surface area contributed by atoms with Crippen molar-refractivity contribution in [2.75, 3.05) is 0 Å². The molecule has 0 amide bonds. The molecule has 14 heavy (non-hydrogen) atoms. The van der Waals surface area contributed by atoms with Gasteiger partial charge in [0.05, 0.1) is 0 Å². The Morgan fingerprint density at radius 1 is 1.50 bits per heavy atom. The highest BCUT2D eigenvalue weighted by Gasteiger charge is 1.89. The first-order valence-electron chi connectivity index (χ1n) is 4.29. The molecule has 70 valence electrons. The van der Waals surface area contributed by atoms with E-state index >= 15 is 0 Å². The standard InChI is InChI=1S/C13H11F/c1-3-5-11(2)8-9-12-6-4-7-13(14)10-12/h3-7,10H,1H2,2H3/b11-5+. The Hall–Kier alpha value is -1.81. The van der Waals surface area contributed by atoms with Gasteiger partial charge in [0.25, 0.3) is 0 Å². The van der Waals surface area contributed by atoms with Crippen molar-refractivity contribution in [2.45, 2.75) is 6.92 Å². The summed E-state index contributed by atoms with van der Waals surface area (Å²) in [6, 6.07) is 6.23. The van der Waals surface area contributed by atoms with Crippen LogP contribution in [0.25, 0.3) is 0 Å². The van der Waals surface area contributed by atoms with E-state index in [0.717, 1.165) is 5.57 Å². The molecule has 0 aliphatic rings. The van der Waals surface area contributed by atoms with Crippen LogP contribution in [0, 0.1) is 17.7 Å². The minimum atomic E-state index is -0.262. The molecule has 0 aromatic heterocycles. The van der Waals surface area contributed by atoms with E-state index in [1.54, 1.807) is 18.2 Å². The fraction of sp³-hybridized carbons (Fsp3) is 0.0769. The lowest BCUT2D eigenvalue weighted by atomic mass is 10.2. The van der Waals surface area contributed by atoms with Crippen LogP contribution in [0.15, 0.2) is 48.6 Å². The number of halogens is 1. The van der Waals surface area contributed by atoms with Gasteiger partial charge in [-0.05, 0) is 30.7 Å². The van der Waals surface area contributed by atoms with Crippen LogP contribution in [-0.2, 0) is 0 Å². The number of rotatable bonds is 1. The van der Waals surface area contributed by atoms with Crippen LogP contribution in [0.5, 0.6) is 0 Å². The van der Waals surface area contributed by atoms with E-state index in [4.69, 9.17) is 0 Å². The number of hydrogen-bond acceptors (Lipinski definition) is 0. The summed E-state index contributed by atoms with van der Waals surface area (Å²) in [5, 5.41) is 0. The summed E-state index contributed by atoms with van der Waals surface area (Å²) in [5.41, 5.74) is 1.59. The van der Waals surface area contributed by atoms with Crippen molar-refractivity contribution < 1.29 is 4.39 Å². The normalized spacial score (nSPS) is 10.3. The molecule has 0 fully saturated rings. The SMILES string of the molecule is C=C/C=C(\C)C#Cc1cccc(F)c1. The van der Waals surface area contributed by atoms with E-state index in [1.165, 1.54) is 12.1 Å². The van der Waals surface area contributed by atoms with Crippen molar-refractivity contribution in [3.63, 3.8) is 0 Å². The van der Waals surface area contributed by atoms with Gasteiger partial charge >= 0.3 is 0 Å². The van der Waals surface area contributed by atoms with Crippen molar-refractivity contribution in [1.29, 1.82) is 0 Å². The van der Waals surface area contributed by atoms with Gasteiger partial charge in [-0.25, -0.2) is 4.39 Å². The van der Waals surface area contributed by atoms with E-state index in [2.05, 4.69) is 18.4 Å². The summed E-state index contributed by atoms with van der Waals surface area (Å²) < 4.78 is 12.7. The molecular weight excluding hydrogens is 175 g/mol. The van der Waals surface area contributed by atoms with Crippen LogP contribution in [0.4, 0.5) is 4.39 Å². The highest BCUT2D eigenvalue weighted by Crippen LogP contribution is 2.01. The first-order valence-corrected chi connectivity index (χ1v) is 4.29. The van der Waals surface area contributed by atoms with Gasteiger partial charge in [0.1, 0.15) is 5.82 Å². The molecule has 1 aromatic carbocycles. The van der Waals surface area contributed by atoms with Crippen molar-refractivity contribution in [3.8, 4) is 11.8 Å². The van der Waals surface area contributed by atoms with Crippen LogP contribution in [0.2, 0.25) is 0 Å². The van der Waals surface area contributed by atoms with Crippen LogP contribution in [-0.4, -0.2) is 0 Å². The zero-order valence-electron chi connectivity index (χ0n) is 8.05. The molecule has 0 bridgehead atoms. The van der Waals surface area contributed by atoms with E-state index in [9.17, 15) is 4.39 Å². The Balaban J connectivity index is 2.87. The van der Waals surface area contributed by atoms with Gasteiger partial charge in [0.15, 0.2) is 0 Å². The fourth-order valence-corrected chi connectivity index (χ4v) is 0.955. The molecule has 0 spiro atoms. The molecule has 0 aliphatic heterocycles. The van der Waals surface area contributed by atoms with E-state index in [1.807, 2.05) is 13.0 Å². The summed E-state index contributed by atoms with van der Waals surface area (Å²) in [4.78, 5) is 0. The molecule has 0 saturated carbocycles. The summed E-state index contributed by atoms with van der Waals surface area (Å²) in [7, 11) is 0. The second-order valence-corrected chi connectivity index (χ2v) is 2.85. The molecule has 0 nitrogen and oxygen atoms in total. The number of allylic oxidation sites excluding steroid dienone is 3. The molecular formula is C13H11F. The average Bonchev–Trinajstić information content (AvgIpc) is 2.15. The summed E-state index contributed by atoms with van der Waals surface area (Å²) >= 11 is 0. The number of benzene rings is 1. The lowest BCUT2D eigenvalue weighted by Crippen LogP contribution is -1.77. The third-order valence-corrected chi connectivity index (χ3v) is 1.60. The zero-order chi connectivity index (χ0) is 10.4. The Morgan fingerprint density at radius 3 is 2.93 bits per heavy atom. The Labute approximate surface area is 83.8 Å². The molecule has 1 rings (SSSR count). The highest BCUT2D eigenvalue weighted by atomic mass is 19.1.